The van der Waals surface area contributed by atoms with Crippen molar-refractivity contribution in [2.24, 2.45) is 0 Å². The van der Waals surface area contributed by atoms with E-state index in [1.807, 2.05) is 39.8 Å². The summed E-state index contributed by atoms with van der Waals surface area (Å²) in [6.07, 6.45) is 2.34. The molecule has 1 saturated heterocycles. The topological polar surface area (TPSA) is 42.4 Å². The Balaban J connectivity index is 1.90. The van der Waals surface area contributed by atoms with Crippen LogP contribution in [0.25, 0.3) is 0 Å². The normalized spacial score (nSPS) is 18.1. The first-order valence-electron chi connectivity index (χ1n) is 7.75. The van der Waals surface area contributed by atoms with Crippen molar-refractivity contribution in [3.05, 3.63) is 29.6 Å². The van der Waals surface area contributed by atoms with Gasteiger partial charge in [-0.25, -0.2) is 9.18 Å². The summed E-state index contributed by atoms with van der Waals surface area (Å²) in [6.45, 7) is 8.22. The van der Waals surface area contributed by atoms with E-state index in [0.717, 1.165) is 11.3 Å². The highest BCUT2D eigenvalue weighted by atomic mass is 19.1. The van der Waals surface area contributed by atoms with Crippen LogP contribution in [0.4, 0.5) is 9.18 Å². The Morgan fingerprint density at radius 3 is 2.50 bits per heavy atom. The maximum Gasteiger partial charge on any atom is 0.410 e. The van der Waals surface area contributed by atoms with Gasteiger partial charge in [0.2, 0.25) is 0 Å². The second-order valence-corrected chi connectivity index (χ2v) is 7.12. The first-order chi connectivity index (χ1) is 10.2. The highest BCUT2D eigenvalue weighted by Crippen LogP contribution is 2.30. The van der Waals surface area contributed by atoms with Crippen LogP contribution in [0.15, 0.2) is 18.3 Å². The second kappa shape index (κ2) is 6.23. The molecular formula is C17H25FN2O2. The van der Waals surface area contributed by atoms with Crippen molar-refractivity contribution >= 4 is 6.09 Å². The predicted molar refractivity (Wildman–Crippen MR) is 83.6 cm³/mol. The molecule has 0 N–H and O–H groups in total. The maximum absolute atomic E-state index is 14.9. The van der Waals surface area contributed by atoms with Crippen LogP contribution in [0.5, 0.6) is 0 Å². The summed E-state index contributed by atoms with van der Waals surface area (Å²) >= 11 is 0. The van der Waals surface area contributed by atoms with E-state index in [2.05, 4.69) is 4.98 Å². The molecule has 0 unspecified atom stereocenters. The summed E-state index contributed by atoms with van der Waals surface area (Å²) in [5, 5.41) is 0. The molecule has 1 aliphatic rings. The number of pyridine rings is 1. The number of likely N-dealkylation sites (tertiary alicyclic amines) is 1. The van der Waals surface area contributed by atoms with Crippen molar-refractivity contribution < 1.29 is 13.9 Å². The number of carbonyl (C=O) groups excluding carboxylic acids is 1. The molecule has 0 radical (unpaired) electrons. The minimum atomic E-state index is -1.29. The highest BCUT2D eigenvalue weighted by Gasteiger charge is 2.37. The zero-order valence-electron chi connectivity index (χ0n) is 13.9. The van der Waals surface area contributed by atoms with E-state index in [4.69, 9.17) is 4.74 Å². The first-order valence-corrected chi connectivity index (χ1v) is 7.75. The van der Waals surface area contributed by atoms with Crippen LogP contribution < -0.4 is 0 Å². The Morgan fingerprint density at radius 1 is 1.36 bits per heavy atom. The van der Waals surface area contributed by atoms with Crippen LogP contribution in [0.1, 0.15) is 44.9 Å². The van der Waals surface area contributed by atoms with Gasteiger partial charge in [-0.2, -0.15) is 0 Å². The van der Waals surface area contributed by atoms with Crippen molar-refractivity contribution in [1.82, 2.24) is 9.88 Å². The highest BCUT2D eigenvalue weighted by molar-refractivity contribution is 5.68. The van der Waals surface area contributed by atoms with Crippen molar-refractivity contribution in [1.29, 1.82) is 0 Å². The van der Waals surface area contributed by atoms with Crippen molar-refractivity contribution in [3.63, 3.8) is 0 Å². The molecule has 0 saturated carbocycles. The molecule has 1 aliphatic heterocycles. The lowest BCUT2D eigenvalue weighted by molar-refractivity contribution is 0.00322. The monoisotopic (exact) mass is 308 g/mol. The number of nitrogens with zero attached hydrogens (tertiary/aromatic N) is 2. The Hall–Kier alpha value is -1.65. The van der Waals surface area contributed by atoms with E-state index in [-0.39, 0.29) is 6.09 Å². The number of rotatable bonds is 2. The summed E-state index contributed by atoms with van der Waals surface area (Å²) in [5.41, 5.74) is 0.0173. The molecule has 0 aromatic carbocycles. The first kappa shape index (κ1) is 16.7. The molecule has 0 bridgehead atoms. The van der Waals surface area contributed by atoms with Gasteiger partial charge >= 0.3 is 6.09 Å². The van der Waals surface area contributed by atoms with Gasteiger partial charge in [0.1, 0.15) is 11.3 Å². The Kier molecular flexibility index (Phi) is 4.73. The molecular weight excluding hydrogens is 283 g/mol. The average molecular weight is 308 g/mol. The third-order valence-electron chi connectivity index (χ3n) is 3.78. The van der Waals surface area contributed by atoms with Gasteiger partial charge in [0, 0.05) is 31.4 Å². The lowest BCUT2D eigenvalue weighted by atomic mass is 9.88. The van der Waals surface area contributed by atoms with Gasteiger partial charge in [-0.15, -0.1) is 0 Å². The number of alkyl halides is 1. The number of aryl methyl sites for hydroxylation is 1. The van der Waals surface area contributed by atoms with Gasteiger partial charge in [0.15, 0.2) is 0 Å². The quantitative estimate of drug-likeness (QED) is 0.837. The van der Waals surface area contributed by atoms with Crippen LogP contribution >= 0.6 is 0 Å². The Bertz CT molecular complexity index is 514. The minimum Gasteiger partial charge on any atom is -0.444 e. The fraction of sp³-hybridized carbons (Fsp3) is 0.647. The number of carbonyl (C=O) groups is 1. The van der Waals surface area contributed by atoms with Crippen molar-refractivity contribution in [2.75, 3.05) is 13.1 Å². The third kappa shape index (κ3) is 4.68. The second-order valence-electron chi connectivity index (χ2n) is 7.12. The summed E-state index contributed by atoms with van der Waals surface area (Å²) < 4.78 is 20.2. The molecule has 0 aliphatic carbocycles. The van der Waals surface area contributed by atoms with Crippen LogP contribution in [-0.4, -0.2) is 40.3 Å². The van der Waals surface area contributed by atoms with Crippen LogP contribution in [0.2, 0.25) is 0 Å². The molecule has 2 rings (SSSR count). The number of amides is 1. The third-order valence-corrected chi connectivity index (χ3v) is 3.78. The molecule has 5 heteroatoms. The zero-order valence-corrected chi connectivity index (χ0v) is 13.9. The summed E-state index contributed by atoms with van der Waals surface area (Å²) in [7, 11) is 0. The van der Waals surface area contributed by atoms with E-state index >= 15 is 0 Å². The number of ether oxygens (including phenoxy) is 1. The summed E-state index contributed by atoms with van der Waals surface area (Å²) in [4.78, 5) is 17.9. The molecule has 1 amide bonds. The molecule has 0 spiro atoms. The lowest BCUT2D eigenvalue weighted by Crippen LogP contribution is -2.47. The standard InChI is InChI=1S/C17H25FN2O2/c1-13-5-6-14(19-12-13)11-17(18)7-9-20(10-8-17)15(21)22-16(2,3)4/h5-6,12H,7-11H2,1-4H3. The SMILES string of the molecule is Cc1ccc(CC2(F)CCN(C(=O)OC(C)(C)C)CC2)nc1. The molecule has 1 aromatic rings. The van der Waals surface area contributed by atoms with Gasteiger partial charge in [0.25, 0.3) is 0 Å². The van der Waals surface area contributed by atoms with Crippen LogP contribution in [-0.2, 0) is 11.2 Å². The van der Waals surface area contributed by atoms with E-state index < -0.39 is 11.3 Å². The molecule has 122 valence electrons. The minimum absolute atomic E-state index is 0.301. The van der Waals surface area contributed by atoms with Gasteiger partial charge in [-0.1, -0.05) is 6.07 Å². The van der Waals surface area contributed by atoms with Crippen molar-refractivity contribution in [3.8, 4) is 0 Å². The summed E-state index contributed by atoms with van der Waals surface area (Å²) in [5.74, 6) is 0. The van der Waals surface area contributed by atoms with Gasteiger partial charge in [-0.3, -0.25) is 4.98 Å². The lowest BCUT2D eigenvalue weighted by Gasteiger charge is -2.37. The number of hydrogen-bond donors (Lipinski definition) is 0. The van der Waals surface area contributed by atoms with Crippen LogP contribution in [0.3, 0.4) is 0 Å². The predicted octanol–water partition coefficient (Wildman–Crippen LogP) is 3.67. The molecule has 4 nitrogen and oxygen atoms in total. The van der Waals surface area contributed by atoms with E-state index in [0.29, 0.717) is 32.4 Å². The Morgan fingerprint density at radius 2 is 2.00 bits per heavy atom. The maximum atomic E-state index is 14.9. The fourth-order valence-corrected chi connectivity index (χ4v) is 2.52. The van der Waals surface area contributed by atoms with Gasteiger partial charge in [-0.05, 0) is 52.2 Å². The van der Waals surface area contributed by atoms with E-state index in [1.54, 1.807) is 11.1 Å². The summed E-state index contributed by atoms with van der Waals surface area (Å²) in [6, 6.07) is 3.82. The molecule has 2 heterocycles. The molecule has 1 aromatic heterocycles. The Labute approximate surface area is 131 Å². The van der Waals surface area contributed by atoms with Crippen molar-refractivity contribution in [2.45, 2.75) is 58.2 Å². The van der Waals surface area contributed by atoms with E-state index in [1.165, 1.54) is 0 Å². The van der Waals surface area contributed by atoms with E-state index in [9.17, 15) is 9.18 Å². The molecule has 22 heavy (non-hydrogen) atoms. The van der Waals surface area contributed by atoms with Gasteiger partial charge in [0.05, 0.1) is 0 Å². The number of hydrogen-bond acceptors (Lipinski definition) is 3. The van der Waals surface area contributed by atoms with Crippen LogP contribution in [0, 0.1) is 6.92 Å². The number of aromatic nitrogens is 1. The molecule has 0 atom stereocenters. The smallest absolute Gasteiger partial charge is 0.410 e. The zero-order chi connectivity index (χ0) is 16.4. The fourth-order valence-electron chi connectivity index (χ4n) is 2.52. The number of halogens is 1. The average Bonchev–Trinajstić information content (AvgIpc) is 2.40. The molecule has 1 fully saturated rings. The number of piperidine rings is 1. The largest absolute Gasteiger partial charge is 0.444 e. The van der Waals surface area contributed by atoms with Gasteiger partial charge < -0.3 is 9.64 Å².